The molecule has 0 saturated carbocycles. The van der Waals surface area contributed by atoms with E-state index >= 15 is 0 Å². The number of aromatic nitrogens is 3. The lowest BCUT2D eigenvalue weighted by Crippen LogP contribution is -2.04. The van der Waals surface area contributed by atoms with Crippen LogP contribution in [0.25, 0.3) is 10.9 Å². The van der Waals surface area contributed by atoms with Gasteiger partial charge in [-0.3, -0.25) is 4.98 Å². The van der Waals surface area contributed by atoms with E-state index in [1.807, 2.05) is 19.2 Å². The Morgan fingerprint density at radius 2 is 2.20 bits per heavy atom. The summed E-state index contributed by atoms with van der Waals surface area (Å²) in [5.41, 5.74) is 0.713. The van der Waals surface area contributed by atoms with Crippen LogP contribution in [-0.4, -0.2) is 22.2 Å². The van der Waals surface area contributed by atoms with E-state index in [2.05, 4.69) is 20.5 Å². The summed E-state index contributed by atoms with van der Waals surface area (Å²) in [4.78, 5) is 4.32. The van der Waals surface area contributed by atoms with Crippen molar-refractivity contribution >= 4 is 33.8 Å². The van der Waals surface area contributed by atoms with Gasteiger partial charge >= 0.3 is 0 Å². The average molecular weight is 307 g/mol. The number of nitrogens with one attached hydrogen (secondary N) is 1. The zero-order valence-electron chi connectivity index (χ0n) is 10.6. The normalized spacial score (nSPS) is 10.9. The van der Waals surface area contributed by atoms with Crippen LogP contribution in [0.15, 0.2) is 30.5 Å². The fraction of sp³-hybridized carbons (Fsp3) is 0.154. The molecule has 2 aromatic heterocycles. The summed E-state index contributed by atoms with van der Waals surface area (Å²) < 4.78 is 5.77. The molecule has 0 radical (unpaired) electrons. The van der Waals surface area contributed by atoms with Crippen LogP contribution in [0.1, 0.15) is 5.01 Å². The molecule has 3 aromatic rings. The predicted molar refractivity (Wildman–Crippen MR) is 79.5 cm³/mol. The van der Waals surface area contributed by atoms with Crippen molar-refractivity contribution in [1.29, 1.82) is 0 Å². The molecule has 0 bridgehead atoms. The topological polar surface area (TPSA) is 59.9 Å². The minimum absolute atomic E-state index is 0.490. The SMILES string of the molecule is CNCc1nnc(Oc2ccc(Cl)c3cccnc23)s1. The van der Waals surface area contributed by atoms with Crippen LogP contribution in [-0.2, 0) is 6.54 Å². The molecule has 0 atom stereocenters. The van der Waals surface area contributed by atoms with E-state index in [4.69, 9.17) is 16.3 Å². The average Bonchev–Trinajstić information content (AvgIpc) is 2.90. The lowest BCUT2D eigenvalue weighted by Gasteiger charge is -2.06. The van der Waals surface area contributed by atoms with Crippen LogP contribution in [0.4, 0.5) is 0 Å². The van der Waals surface area contributed by atoms with E-state index in [9.17, 15) is 0 Å². The van der Waals surface area contributed by atoms with Crippen molar-refractivity contribution in [3.63, 3.8) is 0 Å². The molecule has 0 spiro atoms. The van der Waals surface area contributed by atoms with Gasteiger partial charge in [0.05, 0.1) is 5.02 Å². The molecule has 7 heteroatoms. The number of halogens is 1. The molecule has 1 N–H and O–H groups in total. The number of ether oxygens (including phenoxy) is 1. The molecular formula is C13H11ClN4OS. The first-order valence-corrected chi connectivity index (χ1v) is 7.15. The van der Waals surface area contributed by atoms with Crippen LogP contribution >= 0.6 is 22.9 Å². The van der Waals surface area contributed by atoms with Gasteiger partial charge in [-0.25, -0.2) is 0 Å². The highest BCUT2D eigenvalue weighted by molar-refractivity contribution is 7.13. The van der Waals surface area contributed by atoms with Gasteiger partial charge in [0.25, 0.3) is 5.19 Å². The standard InChI is InChI=1S/C13H11ClN4OS/c1-15-7-11-17-18-13(20-11)19-10-5-4-9(14)8-3-2-6-16-12(8)10/h2-6,15H,7H2,1H3. The molecule has 1 aromatic carbocycles. The van der Waals surface area contributed by atoms with Gasteiger partial charge in [0.2, 0.25) is 0 Å². The predicted octanol–water partition coefficient (Wildman–Crippen LogP) is 3.25. The van der Waals surface area contributed by atoms with Crippen molar-refractivity contribution in [3.8, 4) is 10.9 Å². The van der Waals surface area contributed by atoms with E-state index in [1.165, 1.54) is 11.3 Å². The molecule has 0 unspecified atom stereocenters. The molecule has 20 heavy (non-hydrogen) atoms. The lowest BCUT2D eigenvalue weighted by atomic mass is 10.2. The third-order valence-corrected chi connectivity index (χ3v) is 3.78. The lowest BCUT2D eigenvalue weighted by molar-refractivity contribution is 0.477. The molecule has 3 rings (SSSR count). The summed E-state index contributed by atoms with van der Waals surface area (Å²) in [6.07, 6.45) is 1.71. The van der Waals surface area contributed by atoms with Gasteiger partial charge in [-0.2, -0.15) is 0 Å². The molecule has 5 nitrogen and oxygen atoms in total. The van der Waals surface area contributed by atoms with Crippen molar-refractivity contribution in [3.05, 3.63) is 40.5 Å². The second-order valence-electron chi connectivity index (χ2n) is 4.04. The van der Waals surface area contributed by atoms with Crippen LogP contribution in [0.2, 0.25) is 5.02 Å². The van der Waals surface area contributed by atoms with Gasteiger partial charge in [-0.1, -0.05) is 28.0 Å². The molecule has 0 fully saturated rings. The molecule has 2 heterocycles. The summed E-state index contributed by atoms with van der Waals surface area (Å²) in [5, 5.41) is 13.9. The zero-order chi connectivity index (χ0) is 13.9. The maximum atomic E-state index is 6.15. The van der Waals surface area contributed by atoms with E-state index in [0.717, 1.165) is 10.4 Å². The number of pyridine rings is 1. The van der Waals surface area contributed by atoms with Gasteiger partial charge < -0.3 is 10.1 Å². The summed E-state index contributed by atoms with van der Waals surface area (Å²) in [5.74, 6) is 0.622. The molecule has 0 aliphatic heterocycles. The first-order valence-electron chi connectivity index (χ1n) is 5.96. The van der Waals surface area contributed by atoms with Crippen molar-refractivity contribution < 1.29 is 4.74 Å². The summed E-state index contributed by atoms with van der Waals surface area (Å²) in [6.45, 7) is 0.667. The molecule has 0 amide bonds. The largest absolute Gasteiger partial charge is 0.427 e. The summed E-state index contributed by atoms with van der Waals surface area (Å²) in [7, 11) is 1.86. The monoisotopic (exact) mass is 306 g/mol. The molecular weight excluding hydrogens is 296 g/mol. The Bertz CT molecular complexity index is 746. The first kappa shape index (κ1) is 13.2. The van der Waals surface area contributed by atoms with Crippen molar-refractivity contribution in [2.45, 2.75) is 6.54 Å². The van der Waals surface area contributed by atoms with Gasteiger partial charge in [0.15, 0.2) is 5.75 Å². The fourth-order valence-electron chi connectivity index (χ4n) is 1.79. The highest BCUT2D eigenvalue weighted by Crippen LogP contribution is 2.33. The maximum absolute atomic E-state index is 6.15. The van der Waals surface area contributed by atoms with Crippen LogP contribution in [0.5, 0.6) is 10.9 Å². The van der Waals surface area contributed by atoms with E-state index < -0.39 is 0 Å². The molecule has 102 valence electrons. The smallest absolute Gasteiger partial charge is 0.299 e. The van der Waals surface area contributed by atoms with Crippen molar-refractivity contribution in [2.24, 2.45) is 0 Å². The summed E-state index contributed by atoms with van der Waals surface area (Å²) >= 11 is 7.55. The summed E-state index contributed by atoms with van der Waals surface area (Å²) in [6, 6.07) is 7.32. The second kappa shape index (κ2) is 5.70. The van der Waals surface area contributed by atoms with Gasteiger partial charge in [-0.15, -0.1) is 5.10 Å². The fourth-order valence-corrected chi connectivity index (χ4v) is 2.72. The Morgan fingerprint density at radius 3 is 3.05 bits per heavy atom. The van der Waals surface area contributed by atoms with E-state index in [0.29, 0.717) is 28.0 Å². The first-order chi connectivity index (χ1) is 9.78. The Labute approximate surface area is 124 Å². The minimum atomic E-state index is 0.490. The number of nitrogens with zero attached hydrogens (tertiary/aromatic N) is 3. The van der Waals surface area contributed by atoms with Gasteiger partial charge in [-0.05, 0) is 31.3 Å². The number of hydrogen-bond donors (Lipinski definition) is 1. The Hall–Kier alpha value is -1.76. The van der Waals surface area contributed by atoms with Crippen molar-refractivity contribution in [2.75, 3.05) is 7.05 Å². The third kappa shape index (κ3) is 2.58. The van der Waals surface area contributed by atoms with Gasteiger partial charge in [0.1, 0.15) is 10.5 Å². The highest BCUT2D eigenvalue weighted by atomic mass is 35.5. The van der Waals surface area contributed by atoms with E-state index in [-0.39, 0.29) is 0 Å². The number of hydrogen-bond acceptors (Lipinski definition) is 6. The highest BCUT2D eigenvalue weighted by Gasteiger charge is 2.10. The van der Waals surface area contributed by atoms with E-state index in [1.54, 1.807) is 18.3 Å². The van der Waals surface area contributed by atoms with Gasteiger partial charge in [0, 0.05) is 18.1 Å². The minimum Gasteiger partial charge on any atom is -0.427 e. The number of rotatable bonds is 4. The van der Waals surface area contributed by atoms with Crippen LogP contribution < -0.4 is 10.1 Å². The van der Waals surface area contributed by atoms with Crippen molar-refractivity contribution in [1.82, 2.24) is 20.5 Å². The number of benzene rings is 1. The molecule has 0 saturated heterocycles. The second-order valence-corrected chi connectivity index (χ2v) is 5.47. The molecule has 0 aliphatic carbocycles. The molecule has 0 aliphatic rings. The number of fused-ring (bicyclic) bond motifs is 1. The zero-order valence-corrected chi connectivity index (χ0v) is 12.2. The third-order valence-electron chi connectivity index (χ3n) is 2.65. The quantitative estimate of drug-likeness (QED) is 0.801. The maximum Gasteiger partial charge on any atom is 0.299 e. The Balaban J connectivity index is 1.96. The Kier molecular flexibility index (Phi) is 3.77. The Morgan fingerprint density at radius 1 is 1.30 bits per heavy atom. The van der Waals surface area contributed by atoms with Crippen LogP contribution in [0.3, 0.4) is 0 Å². The van der Waals surface area contributed by atoms with Crippen LogP contribution in [0, 0.1) is 0 Å².